The molecule has 0 aliphatic carbocycles. The third kappa shape index (κ3) is 2.42. The summed E-state index contributed by atoms with van der Waals surface area (Å²) in [5.74, 6) is 0.0743. The van der Waals surface area contributed by atoms with Gasteiger partial charge >= 0.3 is 0 Å². The van der Waals surface area contributed by atoms with Crippen LogP contribution in [0.1, 0.15) is 40.5 Å². The molecule has 1 aromatic carbocycles. The van der Waals surface area contributed by atoms with Gasteiger partial charge in [-0.15, -0.1) is 0 Å². The molecule has 1 aliphatic rings. The molecule has 1 unspecified atom stereocenters. The van der Waals surface area contributed by atoms with Crippen molar-refractivity contribution >= 4 is 16.8 Å². The lowest BCUT2D eigenvalue weighted by Crippen LogP contribution is -2.30. The topological polar surface area (TPSA) is 53.9 Å². The minimum atomic E-state index is 0.0743. The van der Waals surface area contributed by atoms with Gasteiger partial charge in [0.25, 0.3) is 5.91 Å². The standard InChI is InChI=1S/C18H20N4O/c1-12-5-6-15-13(8-12)9-16(20-15)18(23)22-7-3-4-17(22)14-10-19-21(2)11-14/h5-6,8-11,17,20H,3-4,7H2,1-2H3. The van der Waals surface area contributed by atoms with Gasteiger partial charge in [-0.25, -0.2) is 0 Å². The van der Waals surface area contributed by atoms with E-state index in [4.69, 9.17) is 0 Å². The normalized spacial score (nSPS) is 18.0. The first-order valence-electron chi connectivity index (χ1n) is 8.01. The number of hydrogen-bond donors (Lipinski definition) is 1. The maximum atomic E-state index is 13.0. The van der Waals surface area contributed by atoms with Crippen molar-refractivity contribution in [1.82, 2.24) is 19.7 Å². The number of aryl methyl sites for hydroxylation is 2. The van der Waals surface area contributed by atoms with Gasteiger partial charge in [0, 0.05) is 36.3 Å². The smallest absolute Gasteiger partial charge is 0.270 e. The van der Waals surface area contributed by atoms with E-state index in [1.165, 1.54) is 5.56 Å². The third-order valence-corrected chi connectivity index (χ3v) is 4.63. The Labute approximate surface area is 134 Å². The predicted molar refractivity (Wildman–Crippen MR) is 89.3 cm³/mol. The van der Waals surface area contributed by atoms with Gasteiger partial charge in [-0.1, -0.05) is 11.6 Å². The summed E-state index contributed by atoms with van der Waals surface area (Å²) in [6.45, 7) is 2.86. The van der Waals surface area contributed by atoms with E-state index in [0.29, 0.717) is 5.69 Å². The summed E-state index contributed by atoms with van der Waals surface area (Å²) >= 11 is 0. The largest absolute Gasteiger partial charge is 0.351 e. The second-order valence-electron chi connectivity index (χ2n) is 6.38. The SMILES string of the molecule is Cc1ccc2[nH]c(C(=O)N3CCCC3c3cnn(C)c3)cc2c1. The lowest BCUT2D eigenvalue weighted by Gasteiger charge is -2.23. The molecule has 0 bridgehead atoms. The van der Waals surface area contributed by atoms with Crippen LogP contribution in [0.3, 0.4) is 0 Å². The third-order valence-electron chi connectivity index (χ3n) is 4.63. The van der Waals surface area contributed by atoms with E-state index in [9.17, 15) is 4.79 Å². The zero-order chi connectivity index (χ0) is 16.0. The minimum absolute atomic E-state index is 0.0743. The van der Waals surface area contributed by atoms with Crippen molar-refractivity contribution in [2.45, 2.75) is 25.8 Å². The Morgan fingerprint density at radius 2 is 2.22 bits per heavy atom. The molecule has 0 spiro atoms. The van der Waals surface area contributed by atoms with Crippen molar-refractivity contribution in [3.8, 4) is 0 Å². The molecule has 5 heteroatoms. The molecule has 0 radical (unpaired) electrons. The number of fused-ring (bicyclic) bond motifs is 1. The fourth-order valence-electron chi connectivity index (χ4n) is 3.49. The number of hydrogen-bond acceptors (Lipinski definition) is 2. The maximum absolute atomic E-state index is 13.0. The first kappa shape index (κ1) is 14.1. The number of nitrogens with one attached hydrogen (secondary N) is 1. The molecule has 1 atom stereocenters. The van der Waals surface area contributed by atoms with Gasteiger partial charge in [0.15, 0.2) is 0 Å². The summed E-state index contributed by atoms with van der Waals surface area (Å²) < 4.78 is 1.79. The van der Waals surface area contributed by atoms with Crippen LogP contribution in [-0.4, -0.2) is 32.1 Å². The Morgan fingerprint density at radius 3 is 3.00 bits per heavy atom. The molecule has 3 heterocycles. The monoisotopic (exact) mass is 308 g/mol. The van der Waals surface area contributed by atoms with Crippen molar-refractivity contribution in [3.63, 3.8) is 0 Å². The summed E-state index contributed by atoms with van der Waals surface area (Å²) in [5, 5.41) is 5.33. The quantitative estimate of drug-likeness (QED) is 0.790. The average molecular weight is 308 g/mol. The summed E-state index contributed by atoms with van der Waals surface area (Å²) in [4.78, 5) is 18.2. The van der Waals surface area contributed by atoms with E-state index >= 15 is 0 Å². The molecule has 2 aromatic heterocycles. The highest BCUT2D eigenvalue weighted by atomic mass is 16.2. The molecule has 1 amide bonds. The highest BCUT2D eigenvalue weighted by molar-refractivity contribution is 5.98. The molecule has 1 aliphatic heterocycles. The summed E-state index contributed by atoms with van der Waals surface area (Å²) in [5.41, 5.74) is 3.99. The minimum Gasteiger partial charge on any atom is -0.351 e. The van der Waals surface area contributed by atoms with Crippen molar-refractivity contribution in [3.05, 3.63) is 53.5 Å². The predicted octanol–water partition coefficient (Wildman–Crippen LogP) is 3.19. The molecule has 4 rings (SSSR count). The number of benzene rings is 1. The van der Waals surface area contributed by atoms with Crippen LogP contribution < -0.4 is 0 Å². The molecule has 1 N–H and O–H groups in total. The van der Waals surface area contributed by atoms with Crippen molar-refractivity contribution < 1.29 is 4.79 Å². The van der Waals surface area contributed by atoms with E-state index in [1.54, 1.807) is 4.68 Å². The Hall–Kier alpha value is -2.56. The Bertz CT molecular complexity index is 876. The lowest BCUT2D eigenvalue weighted by molar-refractivity contribution is 0.0730. The summed E-state index contributed by atoms with van der Waals surface area (Å²) in [7, 11) is 1.91. The Kier molecular flexibility index (Phi) is 3.22. The van der Waals surface area contributed by atoms with E-state index in [0.717, 1.165) is 35.9 Å². The molecular formula is C18H20N4O. The zero-order valence-corrected chi connectivity index (χ0v) is 13.4. The molecule has 23 heavy (non-hydrogen) atoms. The molecule has 3 aromatic rings. The average Bonchev–Trinajstić information content (AvgIpc) is 3.23. The number of aromatic nitrogens is 3. The van der Waals surface area contributed by atoms with Crippen LogP contribution in [0.5, 0.6) is 0 Å². The van der Waals surface area contributed by atoms with Gasteiger partial charge in [0.05, 0.1) is 12.2 Å². The molecule has 0 saturated carbocycles. The van der Waals surface area contributed by atoms with Gasteiger partial charge < -0.3 is 9.88 Å². The molecular weight excluding hydrogens is 288 g/mol. The van der Waals surface area contributed by atoms with Crippen LogP contribution in [0, 0.1) is 6.92 Å². The number of carbonyl (C=O) groups is 1. The van der Waals surface area contributed by atoms with Crippen LogP contribution in [0.2, 0.25) is 0 Å². The fraction of sp³-hybridized carbons (Fsp3) is 0.333. The lowest BCUT2D eigenvalue weighted by atomic mass is 10.1. The van der Waals surface area contributed by atoms with E-state index in [1.807, 2.05) is 36.5 Å². The van der Waals surface area contributed by atoms with Gasteiger partial charge in [-0.3, -0.25) is 9.48 Å². The Morgan fingerprint density at radius 1 is 1.35 bits per heavy atom. The number of carbonyl (C=O) groups excluding carboxylic acids is 1. The highest BCUT2D eigenvalue weighted by Gasteiger charge is 2.32. The van der Waals surface area contributed by atoms with Gasteiger partial charge in [0.2, 0.25) is 0 Å². The maximum Gasteiger partial charge on any atom is 0.270 e. The molecule has 5 nitrogen and oxygen atoms in total. The second-order valence-corrected chi connectivity index (χ2v) is 6.38. The number of H-pyrrole nitrogens is 1. The highest BCUT2D eigenvalue weighted by Crippen LogP contribution is 2.33. The molecule has 1 fully saturated rings. The van der Waals surface area contributed by atoms with E-state index in [2.05, 4.69) is 29.1 Å². The van der Waals surface area contributed by atoms with Gasteiger partial charge in [0.1, 0.15) is 5.69 Å². The number of amides is 1. The van der Waals surface area contributed by atoms with Crippen LogP contribution >= 0.6 is 0 Å². The molecule has 1 saturated heterocycles. The van der Waals surface area contributed by atoms with Crippen LogP contribution in [0.25, 0.3) is 10.9 Å². The van der Waals surface area contributed by atoms with E-state index < -0.39 is 0 Å². The van der Waals surface area contributed by atoms with Gasteiger partial charge in [-0.05, 0) is 38.0 Å². The number of likely N-dealkylation sites (tertiary alicyclic amines) is 1. The van der Waals surface area contributed by atoms with Crippen LogP contribution in [0.15, 0.2) is 36.7 Å². The van der Waals surface area contributed by atoms with Gasteiger partial charge in [-0.2, -0.15) is 5.10 Å². The summed E-state index contributed by atoms with van der Waals surface area (Å²) in [6, 6.07) is 8.28. The Balaban J connectivity index is 1.66. The summed E-state index contributed by atoms with van der Waals surface area (Å²) in [6.07, 6.45) is 5.90. The second kappa shape index (κ2) is 5.26. The van der Waals surface area contributed by atoms with Crippen molar-refractivity contribution in [1.29, 1.82) is 0 Å². The fourth-order valence-corrected chi connectivity index (χ4v) is 3.49. The van der Waals surface area contributed by atoms with E-state index in [-0.39, 0.29) is 11.9 Å². The van der Waals surface area contributed by atoms with Crippen LogP contribution in [0.4, 0.5) is 0 Å². The number of rotatable bonds is 2. The van der Waals surface area contributed by atoms with Crippen LogP contribution in [-0.2, 0) is 7.05 Å². The molecule has 118 valence electrons. The van der Waals surface area contributed by atoms with Crippen molar-refractivity contribution in [2.75, 3.05) is 6.54 Å². The zero-order valence-electron chi connectivity index (χ0n) is 13.4. The first-order chi connectivity index (χ1) is 11.1. The number of aromatic amines is 1. The van der Waals surface area contributed by atoms with Crippen molar-refractivity contribution in [2.24, 2.45) is 7.05 Å². The number of nitrogens with zero attached hydrogens (tertiary/aromatic N) is 3. The first-order valence-corrected chi connectivity index (χ1v) is 8.01.